The van der Waals surface area contributed by atoms with E-state index in [9.17, 15) is 4.79 Å². The molecule has 0 saturated carbocycles. The number of carbonyl (C=O) groups is 1. The molecule has 1 fully saturated rings. The summed E-state index contributed by atoms with van der Waals surface area (Å²) in [5, 5.41) is 6.29. The second kappa shape index (κ2) is 7.69. The first-order chi connectivity index (χ1) is 10.2. The molecule has 0 spiro atoms. The molecule has 1 saturated heterocycles. The second-order valence-electron chi connectivity index (χ2n) is 4.97. The summed E-state index contributed by atoms with van der Waals surface area (Å²) < 4.78 is 10.7. The fourth-order valence-electron chi connectivity index (χ4n) is 2.33. The van der Waals surface area contributed by atoms with Gasteiger partial charge in [-0.3, -0.25) is 4.79 Å². The number of benzene rings is 1. The molecule has 1 atom stereocenters. The lowest BCUT2D eigenvalue weighted by atomic mass is 10.1. The fourth-order valence-corrected chi connectivity index (χ4v) is 2.33. The van der Waals surface area contributed by atoms with Gasteiger partial charge in [0.05, 0.1) is 7.11 Å². The van der Waals surface area contributed by atoms with E-state index >= 15 is 0 Å². The van der Waals surface area contributed by atoms with Crippen molar-refractivity contribution in [2.45, 2.75) is 18.9 Å². The van der Waals surface area contributed by atoms with Gasteiger partial charge in [-0.05, 0) is 37.6 Å². The molecule has 1 aliphatic rings. The second-order valence-corrected chi connectivity index (χ2v) is 4.97. The van der Waals surface area contributed by atoms with Crippen molar-refractivity contribution in [3.05, 3.63) is 36.4 Å². The summed E-state index contributed by atoms with van der Waals surface area (Å²) in [7, 11) is 1.56. The Balaban J connectivity index is 1.97. The highest BCUT2D eigenvalue weighted by Crippen LogP contribution is 2.28. The molecule has 5 heteroatoms. The third-order valence-corrected chi connectivity index (χ3v) is 3.45. The van der Waals surface area contributed by atoms with Gasteiger partial charge in [-0.15, -0.1) is 0 Å². The molecule has 1 unspecified atom stereocenters. The number of rotatable bonds is 7. The number of ether oxygens (including phenoxy) is 2. The maximum Gasteiger partial charge on any atom is 0.251 e. The van der Waals surface area contributed by atoms with Crippen LogP contribution in [0.4, 0.5) is 0 Å². The maximum absolute atomic E-state index is 12.1. The summed E-state index contributed by atoms with van der Waals surface area (Å²) in [5.41, 5.74) is 0.566. The van der Waals surface area contributed by atoms with Gasteiger partial charge in [0.2, 0.25) is 0 Å². The van der Waals surface area contributed by atoms with Gasteiger partial charge in [0, 0.05) is 18.2 Å². The summed E-state index contributed by atoms with van der Waals surface area (Å²) in [4.78, 5) is 12.1. The van der Waals surface area contributed by atoms with Crippen LogP contribution in [-0.2, 0) is 0 Å². The van der Waals surface area contributed by atoms with E-state index in [0.29, 0.717) is 36.3 Å². The molecule has 2 N–H and O–H groups in total. The number of methoxy groups -OCH3 is 1. The first kappa shape index (κ1) is 15.4. The lowest BCUT2D eigenvalue weighted by molar-refractivity contribution is 0.0950. The summed E-state index contributed by atoms with van der Waals surface area (Å²) >= 11 is 0. The van der Waals surface area contributed by atoms with Crippen LogP contribution in [0.25, 0.3) is 0 Å². The molecular weight excluding hydrogens is 268 g/mol. The standard InChI is InChI=1S/C16H22N2O3/c1-3-9-21-14-7-6-12(10-15(14)20-2)16(19)18-11-13-5-4-8-17-13/h3,6-7,10,13,17H,1,4-5,8-9,11H2,2H3,(H,18,19). The van der Waals surface area contributed by atoms with Gasteiger partial charge in [0.25, 0.3) is 5.91 Å². The van der Waals surface area contributed by atoms with Gasteiger partial charge in [-0.1, -0.05) is 12.7 Å². The van der Waals surface area contributed by atoms with Crippen molar-refractivity contribution in [2.24, 2.45) is 0 Å². The minimum absolute atomic E-state index is 0.0997. The van der Waals surface area contributed by atoms with E-state index in [4.69, 9.17) is 9.47 Å². The maximum atomic E-state index is 12.1. The Kier molecular flexibility index (Phi) is 5.63. The Bertz CT molecular complexity index is 496. The summed E-state index contributed by atoms with van der Waals surface area (Å²) in [6, 6.07) is 5.55. The van der Waals surface area contributed by atoms with Crippen LogP contribution in [0.1, 0.15) is 23.2 Å². The molecule has 1 aliphatic heterocycles. The van der Waals surface area contributed by atoms with Crippen molar-refractivity contribution in [2.75, 3.05) is 26.8 Å². The Morgan fingerprint density at radius 3 is 3.05 bits per heavy atom. The molecule has 1 aromatic rings. The zero-order valence-electron chi connectivity index (χ0n) is 12.4. The molecule has 1 heterocycles. The van der Waals surface area contributed by atoms with Crippen LogP contribution in [0.15, 0.2) is 30.9 Å². The highest BCUT2D eigenvalue weighted by atomic mass is 16.5. The lowest BCUT2D eigenvalue weighted by Gasteiger charge is -2.13. The smallest absolute Gasteiger partial charge is 0.251 e. The minimum Gasteiger partial charge on any atom is -0.493 e. The van der Waals surface area contributed by atoms with Crippen LogP contribution in [-0.4, -0.2) is 38.8 Å². The number of nitrogens with one attached hydrogen (secondary N) is 2. The monoisotopic (exact) mass is 290 g/mol. The predicted molar refractivity (Wildman–Crippen MR) is 82.0 cm³/mol. The Morgan fingerprint density at radius 1 is 1.52 bits per heavy atom. The third kappa shape index (κ3) is 4.23. The van der Waals surface area contributed by atoms with Gasteiger partial charge >= 0.3 is 0 Å². The van der Waals surface area contributed by atoms with Crippen molar-refractivity contribution >= 4 is 5.91 Å². The zero-order valence-corrected chi connectivity index (χ0v) is 12.4. The number of carbonyl (C=O) groups excluding carboxylic acids is 1. The summed E-state index contributed by atoms with van der Waals surface area (Å²) in [6.07, 6.45) is 3.94. The molecule has 0 aromatic heterocycles. The highest BCUT2D eigenvalue weighted by Gasteiger charge is 2.16. The summed E-state index contributed by atoms with van der Waals surface area (Å²) in [6.45, 7) is 5.68. The van der Waals surface area contributed by atoms with Crippen molar-refractivity contribution in [3.63, 3.8) is 0 Å². The predicted octanol–water partition coefficient (Wildman–Crippen LogP) is 1.74. The largest absolute Gasteiger partial charge is 0.493 e. The van der Waals surface area contributed by atoms with Crippen molar-refractivity contribution < 1.29 is 14.3 Å². The molecule has 0 bridgehead atoms. The average Bonchev–Trinajstić information content (AvgIpc) is 3.03. The van der Waals surface area contributed by atoms with E-state index in [1.165, 1.54) is 6.42 Å². The van der Waals surface area contributed by atoms with E-state index in [1.807, 2.05) is 0 Å². The third-order valence-electron chi connectivity index (χ3n) is 3.45. The summed E-state index contributed by atoms with van der Waals surface area (Å²) in [5.74, 6) is 1.05. The molecular formula is C16H22N2O3. The van der Waals surface area contributed by atoms with Crippen LogP contribution in [0.3, 0.4) is 0 Å². The Hall–Kier alpha value is -2.01. The van der Waals surface area contributed by atoms with E-state index < -0.39 is 0 Å². The van der Waals surface area contributed by atoms with E-state index in [2.05, 4.69) is 17.2 Å². The molecule has 1 amide bonds. The van der Waals surface area contributed by atoms with Gasteiger partial charge < -0.3 is 20.1 Å². The van der Waals surface area contributed by atoms with E-state index in [1.54, 1.807) is 31.4 Å². The van der Waals surface area contributed by atoms with Gasteiger partial charge in [-0.2, -0.15) is 0 Å². The normalized spacial score (nSPS) is 17.3. The van der Waals surface area contributed by atoms with Crippen molar-refractivity contribution in [1.82, 2.24) is 10.6 Å². The topological polar surface area (TPSA) is 59.6 Å². The van der Waals surface area contributed by atoms with E-state index in [0.717, 1.165) is 13.0 Å². The molecule has 0 radical (unpaired) electrons. The average molecular weight is 290 g/mol. The van der Waals surface area contributed by atoms with E-state index in [-0.39, 0.29) is 5.91 Å². The minimum atomic E-state index is -0.0997. The molecule has 1 aromatic carbocycles. The Morgan fingerprint density at radius 2 is 2.38 bits per heavy atom. The quantitative estimate of drug-likeness (QED) is 0.751. The van der Waals surface area contributed by atoms with Crippen molar-refractivity contribution in [1.29, 1.82) is 0 Å². The van der Waals surface area contributed by atoms with Crippen LogP contribution in [0, 0.1) is 0 Å². The van der Waals surface area contributed by atoms with Gasteiger partial charge in [0.1, 0.15) is 6.61 Å². The number of hydrogen-bond donors (Lipinski definition) is 2. The molecule has 21 heavy (non-hydrogen) atoms. The van der Waals surface area contributed by atoms with Gasteiger partial charge in [-0.25, -0.2) is 0 Å². The van der Waals surface area contributed by atoms with Crippen LogP contribution in [0.5, 0.6) is 11.5 Å². The first-order valence-electron chi connectivity index (χ1n) is 7.18. The highest BCUT2D eigenvalue weighted by molar-refractivity contribution is 5.94. The van der Waals surface area contributed by atoms with Crippen molar-refractivity contribution in [3.8, 4) is 11.5 Å². The molecule has 2 rings (SSSR count). The SMILES string of the molecule is C=CCOc1ccc(C(=O)NCC2CCCN2)cc1OC. The number of amides is 1. The van der Waals surface area contributed by atoms with Gasteiger partial charge in [0.15, 0.2) is 11.5 Å². The molecule has 114 valence electrons. The molecule has 0 aliphatic carbocycles. The van der Waals surface area contributed by atoms with Crippen LogP contribution < -0.4 is 20.1 Å². The molecule has 5 nitrogen and oxygen atoms in total. The Labute approximate surface area is 125 Å². The van der Waals surface area contributed by atoms with Crippen LogP contribution in [0.2, 0.25) is 0 Å². The van der Waals surface area contributed by atoms with Crippen LogP contribution >= 0.6 is 0 Å². The lowest BCUT2D eigenvalue weighted by Crippen LogP contribution is -2.37. The zero-order chi connectivity index (χ0) is 15.1. The first-order valence-corrected chi connectivity index (χ1v) is 7.18. The number of hydrogen-bond acceptors (Lipinski definition) is 4. The fraction of sp³-hybridized carbons (Fsp3) is 0.438.